The van der Waals surface area contributed by atoms with E-state index in [9.17, 15) is 14.9 Å². The van der Waals surface area contributed by atoms with Crippen molar-refractivity contribution in [1.82, 2.24) is 9.88 Å². The maximum atomic E-state index is 12.5. The van der Waals surface area contributed by atoms with Crippen molar-refractivity contribution >= 4 is 17.5 Å². The van der Waals surface area contributed by atoms with E-state index in [4.69, 9.17) is 9.72 Å². The Morgan fingerprint density at radius 1 is 1.21 bits per heavy atom. The summed E-state index contributed by atoms with van der Waals surface area (Å²) in [5, 5.41) is 9.95. The summed E-state index contributed by atoms with van der Waals surface area (Å²) in [5.41, 5.74) is 5.89. The van der Waals surface area contributed by atoms with Crippen molar-refractivity contribution in [3.63, 3.8) is 0 Å². The number of ether oxygens (including phenoxy) is 1. The second-order valence-corrected chi connectivity index (χ2v) is 9.01. The zero-order valence-corrected chi connectivity index (χ0v) is 20.3. The van der Waals surface area contributed by atoms with E-state index in [-0.39, 0.29) is 18.6 Å². The van der Waals surface area contributed by atoms with E-state index < -0.39 is 11.7 Å². The summed E-state index contributed by atoms with van der Waals surface area (Å²) >= 11 is 0. The summed E-state index contributed by atoms with van der Waals surface area (Å²) in [6.07, 6.45) is 0. The van der Waals surface area contributed by atoms with Crippen molar-refractivity contribution in [1.29, 1.82) is 5.26 Å². The van der Waals surface area contributed by atoms with Gasteiger partial charge < -0.3 is 14.5 Å². The molecule has 1 aliphatic rings. The fraction of sp³-hybridized carbons (Fsp3) is 0.462. The molecule has 7 heteroatoms. The number of methoxy groups -OCH3 is 1. The number of ketones is 1. The Bertz CT molecular complexity index is 1100. The molecule has 1 aliphatic heterocycles. The van der Waals surface area contributed by atoms with Crippen LogP contribution in [0.25, 0.3) is 11.1 Å². The van der Waals surface area contributed by atoms with Crippen LogP contribution in [0.15, 0.2) is 24.3 Å². The van der Waals surface area contributed by atoms with E-state index in [0.717, 1.165) is 16.8 Å². The van der Waals surface area contributed by atoms with Crippen LogP contribution in [0.5, 0.6) is 0 Å². The predicted octanol–water partition coefficient (Wildman–Crippen LogP) is 3.61. The van der Waals surface area contributed by atoms with Crippen LogP contribution in [-0.4, -0.2) is 61.0 Å². The van der Waals surface area contributed by atoms with E-state index >= 15 is 0 Å². The zero-order valence-electron chi connectivity index (χ0n) is 20.3. The first kappa shape index (κ1) is 24.4. The minimum Gasteiger partial charge on any atom is -0.376 e. The van der Waals surface area contributed by atoms with Gasteiger partial charge in [-0.1, -0.05) is 32.0 Å². The number of nitriles is 1. The van der Waals surface area contributed by atoms with Crippen molar-refractivity contribution in [3.05, 3.63) is 46.6 Å². The number of amides is 1. The number of aryl methyl sites for hydroxylation is 2. The molecule has 0 aliphatic carbocycles. The predicted molar refractivity (Wildman–Crippen MR) is 128 cm³/mol. The Morgan fingerprint density at radius 2 is 1.94 bits per heavy atom. The number of rotatable bonds is 6. The lowest BCUT2D eigenvalue weighted by atomic mass is 9.93. The van der Waals surface area contributed by atoms with Crippen molar-refractivity contribution in [2.24, 2.45) is 0 Å². The molecule has 174 valence electrons. The number of pyridine rings is 1. The third-order valence-corrected chi connectivity index (χ3v) is 6.22. The molecule has 1 amide bonds. The Hall–Kier alpha value is -3.24. The van der Waals surface area contributed by atoms with Gasteiger partial charge in [-0.3, -0.25) is 9.59 Å². The molecule has 33 heavy (non-hydrogen) atoms. The van der Waals surface area contributed by atoms with Gasteiger partial charge in [0.2, 0.25) is 5.78 Å². The molecule has 2 heterocycles. The van der Waals surface area contributed by atoms with Crippen LogP contribution < -0.4 is 4.90 Å². The molecule has 1 aromatic carbocycles. The molecule has 1 atom stereocenters. The van der Waals surface area contributed by atoms with Crippen molar-refractivity contribution in [3.8, 4) is 17.2 Å². The van der Waals surface area contributed by atoms with Gasteiger partial charge in [0.15, 0.2) is 0 Å². The second-order valence-electron chi connectivity index (χ2n) is 9.01. The van der Waals surface area contributed by atoms with Gasteiger partial charge in [0.25, 0.3) is 5.91 Å². The molecule has 0 unspecified atom stereocenters. The third-order valence-electron chi connectivity index (χ3n) is 6.22. The molecule has 3 rings (SSSR count). The van der Waals surface area contributed by atoms with E-state index in [1.807, 2.05) is 17.9 Å². The first-order valence-electron chi connectivity index (χ1n) is 11.3. The number of hydrogen-bond donors (Lipinski definition) is 0. The average molecular weight is 449 g/mol. The maximum absolute atomic E-state index is 12.5. The van der Waals surface area contributed by atoms with Gasteiger partial charge >= 0.3 is 0 Å². The summed E-state index contributed by atoms with van der Waals surface area (Å²) in [7, 11) is 1.40. The number of nitrogens with zero attached hydrogens (tertiary/aromatic N) is 4. The third kappa shape index (κ3) is 5.07. The van der Waals surface area contributed by atoms with Crippen LogP contribution in [0.1, 0.15) is 49.1 Å². The smallest absolute Gasteiger partial charge is 0.292 e. The fourth-order valence-corrected chi connectivity index (χ4v) is 4.23. The molecule has 0 spiro atoms. The first-order chi connectivity index (χ1) is 15.7. The van der Waals surface area contributed by atoms with Crippen molar-refractivity contribution in [2.75, 3.05) is 38.3 Å². The van der Waals surface area contributed by atoms with E-state index in [1.165, 1.54) is 18.2 Å². The summed E-state index contributed by atoms with van der Waals surface area (Å²) in [6.45, 7) is 11.4. The zero-order chi connectivity index (χ0) is 24.3. The summed E-state index contributed by atoms with van der Waals surface area (Å²) < 4.78 is 4.82. The monoisotopic (exact) mass is 448 g/mol. The van der Waals surface area contributed by atoms with Crippen molar-refractivity contribution < 1.29 is 14.3 Å². The molecule has 1 saturated heterocycles. The number of aromatic nitrogens is 1. The molecule has 1 fully saturated rings. The minimum atomic E-state index is -0.548. The SMILES string of the molecule is COCC(=O)C(=O)N1CCN(c2nc(C(C)C)c(-c3ccc(C)c(C)c3)cc2C#N)C[C@H]1C. The van der Waals surface area contributed by atoms with Crippen LogP contribution in [0.4, 0.5) is 5.82 Å². The first-order valence-corrected chi connectivity index (χ1v) is 11.3. The van der Waals surface area contributed by atoms with Crippen LogP contribution in [0.2, 0.25) is 0 Å². The quantitative estimate of drug-likeness (QED) is 0.628. The molecular formula is C26H32N4O3. The largest absolute Gasteiger partial charge is 0.376 e. The lowest BCUT2D eigenvalue weighted by Crippen LogP contribution is -2.56. The Balaban J connectivity index is 1.95. The number of carbonyl (C=O) groups excluding carboxylic acids is 2. The van der Waals surface area contributed by atoms with Gasteiger partial charge in [-0.05, 0) is 49.4 Å². The normalized spacial score (nSPS) is 16.1. The molecule has 0 radical (unpaired) electrons. The van der Waals surface area contributed by atoms with Crippen LogP contribution in [0, 0.1) is 25.2 Å². The molecule has 0 N–H and O–H groups in total. The van der Waals surface area contributed by atoms with Gasteiger partial charge in [-0.25, -0.2) is 4.98 Å². The van der Waals surface area contributed by atoms with Gasteiger partial charge in [0.05, 0.1) is 11.3 Å². The highest BCUT2D eigenvalue weighted by Gasteiger charge is 2.32. The number of piperazine rings is 1. The summed E-state index contributed by atoms with van der Waals surface area (Å²) in [4.78, 5) is 33.1. The Labute approximate surface area is 196 Å². The summed E-state index contributed by atoms with van der Waals surface area (Å²) in [5.74, 6) is -0.269. The highest BCUT2D eigenvalue weighted by molar-refractivity contribution is 6.36. The molecule has 7 nitrogen and oxygen atoms in total. The maximum Gasteiger partial charge on any atom is 0.292 e. The minimum absolute atomic E-state index is 0.167. The van der Waals surface area contributed by atoms with Gasteiger partial charge in [-0.15, -0.1) is 0 Å². The average Bonchev–Trinajstić information content (AvgIpc) is 2.79. The number of hydrogen-bond acceptors (Lipinski definition) is 6. The van der Waals surface area contributed by atoms with E-state index in [2.05, 4.69) is 52.0 Å². The standard InChI is InChI=1S/C26H32N4O3/c1-16(2)24-22(20-8-7-17(3)18(4)11-20)12-21(13-27)25(28-24)29-9-10-30(19(5)14-29)26(32)23(31)15-33-6/h7-8,11-12,16,19H,9-10,14-15H2,1-6H3/t19-/m1/s1. The summed E-state index contributed by atoms with van der Waals surface area (Å²) in [6, 6.07) is 10.4. The highest BCUT2D eigenvalue weighted by atomic mass is 16.5. The molecule has 0 saturated carbocycles. The number of carbonyl (C=O) groups is 2. The molecule has 0 bridgehead atoms. The van der Waals surface area contributed by atoms with Crippen LogP contribution in [0.3, 0.4) is 0 Å². The van der Waals surface area contributed by atoms with Crippen molar-refractivity contribution in [2.45, 2.75) is 46.6 Å². The number of anilines is 1. The lowest BCUT2D eigenvalue weighted by Gasteiger charge is -2.40. The highest BCUT2D eigenvalue weighted by Crippen LogP contribution is 2.34. The van der Waals surface area contributed by atoms with Gasteiger partial charge in [-0.2, -0.15) is 5.26 Å². The van der Waals surface area contributed by atoms with E-state index in [0.29, 0.717) is 31.0 Å². The second kappa shape index (κ2) is 10.1. The van der Waals surface area contributed by atoms with E-state index in [1.54, 1.807) is 4.90 Å². The topological polar surface area (TPSA) is 86.5 Å². The molecular weight excluding hydrogens is 416 g/mol. The van der Waals surface area contributed by atoms with Gasteiger partial charge in [0.1, 0.15) is 18.5 Å². The fourth-order valence-electron chi connectivity index (χ4n) is 4.23. The Morgan fingerprint density at radius 3 is 2.52 bits per heavy atom. The lowest BCUT2D eigenvalue weighted by molar-refractivity contribution is -0.148. The Kier molecular flexibility index (Phi) is 7.50. The molecule has 2 aromatic rings. The van der Waals surface area contributed by atoms with Crippen LogP contribution >= 0.6 is 0 Å². The molecule has 1 aromatic heterocycles. The number of benzene rings is 1. The van der Waals surface area contributed by atoms with Gasteiger partial charge in [0, 0.05) is 38.3 Å². The van der Waals surface area contributed by atoms with Crippen LogP contribution in [-0.2, 0) is 14.3 Å². The number of Topliss-reactive ketones (excluding diaryl/α,β-unsaturated/α-hetero) is 1.